The van der Waals surface area contributed by atoms with Gasteiger partial charge in [-0.3, -0.25) is 10.2 Å². The van der Waals surface area contributed by atoms with Crippen molar-refractivity contribution in [2.45, 2.75) is 67.9 Å². The molecule has 1 amide bonds. The summed E-state index contributed by atoms with van der Waals surface area (Å²) in [6.07, 6.45) is 5.84. The molecule has 5 unspecified atom stereocenters. The van der Waals surface area contributed by atoms with E-state index in [1.807, 2.05) is 0 Å². The topological polar surface area (TPSA) is 44.4 Å². The van der Waals surface area contributed by atoms with E-state index in [1.165, 1.54) is 18.4 Å². The molecule has 136 valence electrons. The number of nitrogens with zero attached hydrogens (tertiary/aromatic N) is 1. The van der Waals surface area contributed by atoms with Crippen molar-refractivity contribution in [3.63, 3.8) is 0 Å². The molecule has 4 rings (SSSR count). The van der Waals surface area contributed by atoms with Gasteiger partial charge in [0.05, 0.1) is 4.83 Å². The number of hydrazine groups is 1. The van der Waals surface area contributed by atoms with Crippen molar-refractivity contribution in [2.75, 3.05) is 6.54 Å². The van der Waals surface area contributed by atoms with Crippen LogP contribution in [0.1, 0.15) is 50.5 Å². The number of carbonyl (C=O) groups excluding carboxylic acids is 1. The molecule has 2 heterocycles. The Hall–Kier alpha value is -0.910. The molecule has 0 spiro atoms. The highest BCUT2D eigenvalue weighted by Crippen LogP contribution is 2.39. The maximum atomic E-state index is 13.3. The Morgan fingerprint density at radius 2 is 2.00 bits per heavy atom. The Bertz CT molecular complexity index is 606. The number of amides is 1. The van der Waals surface area contributed by atoms with E-state index in [4.69, 9.17) is 0 Å². The molecule has 1 aromatic carbocycles. The normalized spacial score (nSPS) is 33.6. The third-order valence-electron chi connectivity index (χ3n) is 6.18. The zero-order valence-corrected chi connectivity index (χ0v) is 16.4. The van der Waals surface area contributed by atoms with E-state index in [0.29, 0.717) is 18.0 Å². The van der Waals surface area contributed by atoms with Gasteiger partial charge in [-0.2, -0.15) is 0 Å². The lowest BCUT2D eigenvalue weighted by molar-refractivity contribution is -0.134. The average molecular weight is 406 g/mol. The summed E-state index contributed by atoms with van der Waals surface area (Å²) in [6, 6.07) is 11.2. The Kier molecular flexibility index (Phi) is 5.16. The first-order valence-electron chi connectivity index (χ1n) is 9.71. The van der Waals surface area contributed by atoms with Crippen LogP contribution in [0.4, 0.5) is 0 Å². The second-order valence-corrected chi connectivity index (χ2v) is 8.80. The summed E-state index contributed by atoms with van der Waals surface area (Å²) in [6.45, 7) is 3.13. The fourth-order valence-corrected chi connectivity index (χ4v) is 5.60. The van der Waals surface area contributed by atoms with Crippen LogP contribution in [0, 0.1) is 5.92 Å². The molecular formula is C20H28BrN3O. The average Bonchev–Trinajstić information content (AvgIpc) is 3.23. The quantitative estimate of drug-likeness (QED) is 0.739. The Labute approximate surface area is 158 Å². The molecule has 2 N–H and O–H groups in total. The molecule has 5 heteroatoms. The van der Waals surface area contributed by atoms with Gasteiger partial charge < -0.3 is 4.90 Å². The maximum absolute atomic E-state index is 13.3. The van der Waals surface area contributed by atoms with Crippen molar-refractivity contribution in [1.29, 1.82) is 0 Å². The molecule has 25 heavy (non-hydrogen) atoms. The lowest BCUT2D eigenvalue weighted by Gasteiger charge is -2.33. The van der Waals surface area contributed by atoms with E-state index in [-0.39, 0.29) is 16.8 Å². The fraction of sp³-hybridized carbons (Fsp3) is 0.650. The number of hydrogen-bond donors (Lipinski definition) is 2. The molecule has 2 saturated heterocycles. The largest absolute Gasteiger partial charge is 0.338 e. The van der Waals surface area contributed by atoms with E-state index >= 15 is 0 Å². The van der Waals surface area contributed by atoms with Crippen molar-refractivity contribution < 1.29 is 4.79 Å². The summed E-state index contributed by atoms with van der Waals surface area (Å²) in [4.78, 5) is 15.6. The molecule has 3 fully saturated rings. The number of rotatable bonds is 5. The van der Waals surface area contributed by atoms with Gasteiger partial charge in [0.25, 0.3) is 0 Å². The standard InChI is InChI=1S/C20H28BrN3O/c1-2-15(13-7-4-3-5-8-13)16-9-6-12-24(16)20(25)19-17(21)18(22-23-19)14-10-11-14/h3-5,7-8,14-19,22-23H,2,6,9-12H2,1H3. The van der Waals surface area contributed by atoms with Crippen LogP contribution >= 0.6 is 15.9 Å². The van der Waals surface area contributed by atoms with Gasteiger partial charge in [0.15, 0.2) is 0 Å². The van der Waals surface area contributed by atoms with Crippen LogP contribution in [-0.2, 0) is 4.79 Å². The van der Waals surface area contributed by atoms with Crippen LogP contribution in [0.25, 0.3) is 0 Å². The smallest absolute Gasteiger partial charge is 0.242 e. The van der Waals surface area contributed by atoms with Crippen LogP contribution in [0.2, 0.25) is 0 Å². The number of nitrogens with one attached hydrogen (secondary N) is 2. The SMILES string of the molecule is CCC(c1ccccc1)C1CCCN1C(=O)C1NNC(C2CC2)C1Br. The lowest BCUT2D eigenvalue weighted by Crippen LogP contribution is -2.51. The maximum Gasteiger partial charge on any atom is 0.242 e. The molecule has 0 aromatic heterocycles. The molecule has 4 nitrogen and oxygen atoms in total. The highest BCUT2D eigenvalue weighted by Gasteiger charge is 2.48. The van der Waals surface area contributed by atoms with Gasteiger partial charge in [0.1, 0.15) is 6.04 Å². The number of likely N-dealkylation sites (tertiary alicyclic amines) is 1. The minimum atomic E-state index is -0.153. The van der Waals surface area contributed by atoms with Crippen molar-refractivity contribution in [1.82, 2.24) is 15.8 Å². The summed E-state index contributed by atoms with van der Waals surface area (Å²) in [5.74, 6) is 1.40. The van der Waals surface area contributed by atoms with Crippen LogP contribution in [0.3, 0.4) is 0 Å². The molecule has 3 aliphatic rings. The molecule has 1 saturated carbocycles. The van der Waals surface area contributed by atoms with Crippen molar-refractivity contribution in [2.24, 2.45) is 5.92 Å². The first-order chi connectivity index (χ1) is 12.2. The van der Waals surface area contributed by atoms with Gasteiger partial charge in [-0.05, 0) is 43.6 Å². The highest BCUT2D eigenvalue weighted by atomic mass is 79.9. The third kappa shape index (κ3) is 3.38. The first-order valence-corrected chi connectivity index (χ1v) is 10.6. The second kappa shape index (κ2) is 7.37. The van der Waals surface area contributed by atoms with Crippen molar-refractivity contribution in [3.8, 4) is 0 Å². The van der Waals surface area contributed by atoms with Crippen molar-refractivity contribution >= 4 is 21.8 Å². The molecule has 1 aliphatic carbocycles. The third-order valence-corrected chi connectivity index (χ3v) is 7.28. The first kappa shape index (κ1) is 17.5. The van der Waals surface area contributed by atoms with Crippen LogP contribution in [-0.4, -0.2) is 40.3 Å². The van der Waals surface area contributed by atoms with Gasteiger partial charge in [-0.15, -0.1) is 0 Å². The zero-order valence-electron chi connectivity index (χ0n) is 14.8. The molecule has 5 atom stereocenters. The van der Waals surface area contributed by atoms with Crippen molar-refractivity contribution in [3.05, 3.63) is 35.9 Å². The number of hydrogen-bond acceptors (Lipinski definition) is 3. The summed E-state index contributed by atoms with van der Waals surface area (Å²) < 4.78 is 0. The molecular weight excluding hydrogens is 378 g/mol. The summed E-state index contributed by atoms with van der Waals surface area (Å²) in [7, 11) is 0. The fourth-order valence-electron chi connectivity index (χ4n) is 4.68. The van der Waals surface area contributed by atoms with E-state index < -0.39 is 0 Å². The minimum Gasteiger partial charge on any atom is -0.338 e. The Morgan fingerprint density at radius 1 is 1.24 bits per heavy atom. The monoisotopic (exact) mass is 405 g/mol. The Morgan fingerprint density at radius 3 is 2.68 bits per heavy atom. The minimum absolute atomic E-state index is 0.153. The van der Waals surface area contributed by atoms with E-state index in [0.717, 1.165) is 31.7 Å². The molecule has 0 bridgehead atoms. The van der Waals surface area contributed by atoms with Crippen LogP contribution < -0.4 is 10.9 Å². The molecule has 2 aliphatic heterocycles. The lowest BCUT2D eigenvalue weighted by atomic mass is 9.87. The van der Waals surface area contributed by atoms with E-state index in [1.54, 1.807) is 0 Å². The van der Waals surface area contributed by atoms with Crippen LogP contribution in [0.5, 0.6) is 0 Å². The van der Waals surface area contributed by atoms with Gasteiger partial charge in [-0.25, -0.2) is 5.43 Å². The van der Waals surface area contributed by atoms with Crippen LogP contribution in [0.15, 0.2) is 30.3 Å². The number of alkyl halides is 1. The number of halogens is 1. The predicted octanol–water partition coefficient (Wildman–Crippen LogP) is 3.19. The predicted molar refractivity (Wildman–Crippen MR) is 103 cm³/mol. The summed E-state index contributed by atoms with van der Waals surface area (Å²) in [5, 5.41) is 0. The zero-order chi connectivity index (χ0) is 17.4. The van der Waals surface area contributed by atoms with Gasteiger partial charge >= 0.3 is 0 Å². The summed E-state index contributed by atoms with van der Waals surface area (Å²) in [5.41, 5.74) is 8.01. The van der Waals surface area contributed by atoms with E-state index in [9.17, 15) is 4.79 Å². The van der Waals surface area contributed by atoms with Gasteiger partial charge in [0.2, 0.25) is 5.91 Å². The highest BCUT2D eigenvalue weighted by molar-refractivity contribution is 9.09. The van der Waals surface area contributed by atoms with E-state index in [2.05, 4.69) is 68.9 Å². The van der Waals surface area contributed by atoms with Gasteiger partial charge in [0, 0.05) is 24.5 Å². The molecule has 0 radical (unpaired) electrons. The number of carbonyl (C=O) groups is 1. The number of benzene rings is 1. The Balaban J connectivity index is 1.50. The van der Waals surface area contributed by atoms with Gasteiger partial charge in [-0.1, -0.05) is 53.2 Å². The summed E-state index contributed by atoms with van der Waals surface area (Å²) >= 11 is 3.81. The molecule has 1 aromatic rings. The second-order valence-electron chi connectivity index (χ2n) is 7.74.